The molecule has 0 radical (unpaired) electrons. The van der Waals surface area contributed by atoms with Crippen LogP contribution in [0.25, 0.3) is 17.0 Å². The Hall–Kier alpha value is -3.52. The lowest BCUT2D eigenvalue weighted by molar-refractivity contribution is 0.102. The highest BCUT2D eigenvalue weighted by atomic mass is 16.5. The lowest BCUT2D eigenvalue weighted by Gasteiger charge is -2.09. The van der Waals surface area contributed by atoms with Gasteiger partial charge in [-0.25, -0.2) is 4.98 Å². The quantitative estimate of drug-likeness (QED) is 0.532. The molecule has 3 aromatic heterocycles. The monoisotopic (exact) mass is 402 g/mol. The number of hydrogen-bond acceptors (Lipinski definition) is 6. The third kappa shape index (κ3) is 3.57. The number of benzene rings is 1. The number of carbonyl (C=O) groups excluding carboxylic acids is 1. The molecule has 0 spiro atoms. The minimum absolute atomic E-state index is 0.225. The van der Waals surface area contributed by atoms with E-state index in [-0.39, 0.29) is 5.91 Å². The molecule has 8 heteroatoms. The molecule has 4 heterocycles. The van der Waals surface area contributed by atoms with E-state index in [0.717, 1.165) is 42.7 Å². The van der Waals surface area contributed by atoms with E-state index < -0.39 is 0 Å². The number of imidazole rings is 1. The van der Waals surface area contributed by atoms with E-state index in [1.54, 1.807) is 10.6 Å². The van der Waals surface area contributed by atoms with Crippen molar-refractivity contribution in [3.8, 4) is 11.4 Å². The lowest BCUT2D eigenvalue weighted by Crippen LogP contribution is -2.15. The van der Waals surface area contributed by atoms with Crippen LogP contribution in [0.4, 0.5) is 5.69 Å². The number of nitrogens with one attached hydrogen (secondary N) is 2. The third-order valence-electron chi connectivity index (χ3n) is 5.49. The molecule has 1 fully saturated rings. The van der Waals surface area contributed by atoms with Gasteiger partial charge in [0.1, 0.15) is 11.3 Å². The van der Waals surface area contributed by atoms with Crippen LogP contribution in [-0.4, -0.2) is 38.5 Å². The summed E-state index contributed by atoms with van der Waals surface area (Å²) in [4.78, 5) is 21.7. The summed E-state index contributed by atoms with van der Waals surface area (Å²) in [5.41, 5.74) is 3.65. The second kappa shape index (κ2) is 7.72. The van der Waals surface area contributed by atoms with Gasteiger partial charge in [-0.05, 0) is 56.1 Å². The molecule has 0 saturated carbocycles. The average Bonchev–Trinajstić information content (AvgIpc) is 3.50. The molecule has 1 aliphatic heterocycles. The molecule has 0 unspecified atom stereocenters. The van der Waals surface area contributed by atoms with Gasteiger partial charge in [-0.2, -0.15) is 4.98 Å². The first-order valence-corrected chi connectivity index (χ1v) is 10.0. The van der Waals surface area contributed by atoms with Gasteiger partial charge in [0, 0.05) is 23.9 Å². The summed E-state index contributed by atoms with van der Waals surface area (Å²) in [7, 11) is 0. The topological polar surface area (TPSA) is 97.4 Å². The number of amides is 1. The largest absolute Gasteiger partial charge is 0.339 e. The number of anilines is 1. The van der Waals surface area contributed by atoms with Gasteiger partial charge in [0.25, 0.3) is 5.91 Å². The van der Waals surface area contributed by atoms with Crippen LogP contribution < -0.4 is 10.6 Å². The zero-order valence-electron chi connectivity index (χ0n) is 16.6. The molecule has 30 heavy (non-hydrogen) atoms. The van der Waals surface area contributed by atoms with Gasteiger partial charge in [-0.1, -0.05) is 23.4 Å². The summed E-state index contributed by atoms with van der Waals surface area (Å²) in [6.07, 6.45) is 5.31. The van der Waals surface area contributed by atoms with Crippen molar-refractivity contribution in [1.29, 1.82) is 0 Å². The normalized spacial score (nSPS) is 16.2. The van der Waals surface area contributed by atoms with E-state index in [2.05, 4.69) is 25.8 Å². The van der Waals surface area contributed by atoms with E-state index >= 15 is 0 Å². The second-order valence-electron chi connectivity index (χ2n) is 7.63. The molecular formula is C22H22N6O2. The molecule has 5 rings (SSSR count). The molecule has 8 nitrogen and oxygen atoms in total. The van der Waals surface area contributed by atoms with Crippen molar-refractivity contribution >= 4 is 17.2 Å². The fraction of sp³-hybridized carbons (Fsp3) is 0.273. The van der Waals surface area contributed by atoms with E-state index in [1.165, 1.54) is 0 Å². The van der Waals surface area contributed by atoms with Crippen LogP contribution >= 0.6 is 0 Å². The van der Waals surface area contributed by atoms with Crippen molar-refractivity contribution < 1.29 is 9.32 Å². The van der Waals surface area contributed by atoms with Crippen molar-refractivity contribution in [2.45, 2.75) is 19.8 Å². The predicted molar refractivity (Wildman–Crippen MR) is 112 cm³/mol. The minimum atomic E-state index is -0.225. The second-order valence-corrected chi connectivity index (χ2v) is 7.63. The number of nitrogens with zero attached hydrogens (tertiary/aromatic N) is 4. The van der Waals surface area contributed by atoms with E-state index in [0.29, 0.717) is 29.0 Å². The number of aryl methyl sites for hydroxylation is 1. The molecule has 2 N–H and O–H groups in total. The number of aromatic nitrogens is 4. The molecule has 1 atom stereocenters. The first-order valence-electron chi connectivity index (χ1n) is 10.0. The maximum atomic E-state index is 12.9. The Morgan fingerprint density at radius 3 is 3.13 bits per heavy atom. The SMILES string of the molecule is Cc1ccc(-c2noc(C[C@@H]3CCNC3)n2)cc1NC(=O)c1cnc2ccccn12. The number of carbonyl (C=O) groups is 1. The molecule has 0 aliphatic carbocycles. The fourth-order valence-electron chi connectivity index (χ4n) is 3.77. The molecule has 152 valence electrons. The van der Waals surface area contributed by atoms with Gasteiger partial charge in [0.15, 0.2) is 0 Å². The van der Waals surface area contributed by atoms with Crippen LogP contribution in [0.5, 0.6) is 0 Å². The summed E-state index contributed by atoms with van der Waals surface area (Å²) in [5, 5.41) is 10.5. The molecule has 1 aromatic carbocycles. The van der Waals surface area contributed by atoms with Gasteiger partial charge in [-0.15, -0.1) is 0 Å². The standard InChI is InChI=1S/C22H22N6O2/c1-14-5-6-16(21-26-20(30-27-21)10-15-7-8-23-12-15)11-17(14)25-22(29)18-13-24-19-4-2-3-9-28(18)19/h2-6,9,11,13,15,23H,7-8,10,12H2,1H3,(H,25,29)/t15-/m0/s1. The minimum Gasteiger partial charge on any atom is -0.339 e. The van der Waals surface area contributed by atoms with Crippen LogP contribution in [0.15, 0.2) is 53.3 Å². The number of hydrogen-bond donors (Lipinski definition) is 2. The third-order valence-corrected chi connectivity index (χ3v) is 5.49. The van der Waals surface area contributed by atoms with E-state index in [1.807, 2.05) is 49.5 Å². The maximum absolute atomic E-state index is 12.9. The first-order chi connectivity index (χ1) is 14.7. The molecule has 0 bridgehead atoms. The van der Waals surface area contributed by atoms with E-state index in [4.69, 9.17) is 4.52 Å². The maximum Gasteiger partial charge on any atom is 0.274 e. The zero-order valence-corrected chi connectivity index (χ0v) is 16.6. The summed E-state index contributed by atoms with van der Waals surface area (Å²) < 4.78 is 7.21. The van der Waals surface area contributed by atoms with Crippen molar-refractivity contribution in [2.75, 3.05) is 18.4 Å². The first kappa shape index (κ1) is 18.5. The van der Waals surface area contributed by atoms with Crippen molar-refractivity contribution in [3.63, 3.8) is 0 Å². The van der Waals surface area contributed by atoms with Crippen LogP contribution in [0, 0.1) is 12.8 Å². The summed E-state index contributed by atoms with van der Waals surface area (Å²) in [6, 6.07) is 11.4. The van der Waals surface area contributed by atoms with Crippen LogP contribution in [0.3, 0.4) is 0 Å². The fourth-order valence-corrected chi connectivity index (χ4v) is 3.77. The Kier molecular flexibility index (Phi) is 4.76. The Balaban J connectivity index is 1.37. The molecule has 1 saturated heterocycles. The zero-order chi connectivity index (χ0) is 20.5. The van der Waals surface area contributed by atoms with Crippen molar-refractivity contribution in [3.05, 3.63) is 65.9 Å². The van der Waals surface area contributed by atoms with Crippen molar-refractivity contribution in [2.24, 2.45) is 5.92 Å². The molecule has 1 aliphatic rings. The molecule has 4 aromatic rings. The average molecular weight is 402 g/mol. The van der Waals surface area contributed by atoms with E-state index in [9.17, 15) is 4.79 Å². The van der Waals surface area contributed by atoms with Gasteiger partial charge in [-0.3, -0.25) is 9.20 Å². The Morgan fingerprint density at radius 2 is 2.27 bits per heavy atom. The lowest BCUT2D eigenvalue weighted by atomic mass is 10.1. The summed E-state index contributed by atoms with van der Waals surface area (Å²) >= 11 is 0. The van der Waals surface area contributed by atoms with Gasteiger partial charge in [0.2, 0.25) is 11.7 Å². The van der Waals surface area contributed by atoms with Crippen LogP contribution in [0.2, 0.25) is 0 Å². The Morgan fingerprint density at radius 1 is 1.33 bits per heavy atom. The van der Waals surface area contributed by atoms with Crippen LogP contribution in [0.1, 0.15) is 28.4 Å². The Labute approximate surface area is 173 Å². The van der Waals surface area contributed by atoms with Gasteiger partial charge >= 0.3 is 0 Å². The van der Waals surface area contributed by atoms with Gasteiger partial charge in [0.05, 0.1) is 6.20 Å². The number of rotatable bonds is 5. The molecular weight excluding hydrogens is 380 g/mol. The highest BCUT2D eigenvalue weighted by Crippen LogP contribution is 2.25. The number of pyridine rings is 1. The van der Waals surface area contributed by atoms with Crippen LogP contribution in [-0.2, 0) is 6.42 Å². The molecule has 1 amide bonds. The highest BCUT2D eigenvalue weighted by molar-refractivity contribution is 6.04. The Bertz CT molecular complexity index is 1210. The number of fused-ring (bicyclic) bond motifs is 1. The summed E-state index contributed by atoms with van der Waals surface area (Å²) in [6.45, 7) is 3.98. The smallest absolute Gasteiger partial charge is 0.274 e. The van der Waals surface area contributed by atoms with Gasteiger partial charge < -0.3 is 15.2 Å². The van der Waals surface area contributed by atoms with Crippen molar-refractivity contribution in [1.82, 2.24) is 24.8 Å². The summed E-state index contributed by atoms with van der Waals surface area (Å²) in [5.74, 6) is 1.49. The predicted octanol–water partition coefficient (Wildman–Crippen LogP) is 3.10. The highest BCUT2D eigenvalue weighted by Gasteiger charge is 2.19.